The lowest BCUT2D eigenvalue weighted by atomic mass is 10.1. The molecular weight excluding hydrogens is 270 g/mol. The van der Waals surface area contributed by atoms with Crippen LogP contribution in [0.3, 0.4) is 0 Å². The van der Waals surface area contributed by atoms with E-state index in [1.165, 1.54) is 5.56 Å². The lowest BCUT2D eigenvalue weighted by molar-refractivity contribution is 0.279. The third kappa shape index (κ3) is 2.89. The molecule has 0 radical (unpaired) electrons. The van der Waals surface area contributed by atoms with Crippen molar-refractivity contribution in [2.45, 2.75) is 19.4 Å². The Hall–Kier alpha value is -1.72. The van der Waals surface area contributed by atoms with Crippen molar-refractivity contribution in [2.75, 3.05) is 13.1 Å². The minimum absolute atomic E-state index is 0.0367. The monoisotopic (exact) mass is 287 g/mol. The largest absolute Gasteiger partial charge is 0.336 e. The number of nitrogens with zero attached hydrogens (tertiary/aromatic N) is 1. The molecule has 104 valence electrons. The zero-order valence-electron chi connectivity index (χ0n) is 11.2. The summed E-state index contributed by atoms with van der Waals surface area (Å²) in [6, 6.07) is 10.4. The normalized spacial score (nSPS) is 15.6. The van der Waals surface area contributed by atoms with Crippen LogP contribution in [-0.4, -0.2) is 28.0 Å². The van der Waals surface area contributed by atoms with Crippen molar-refractivity contribution < 1.29 is 0 Å². The first-order valence-corrected chi connectivity index (χ1v) is 7.24. The summed E-state index contributed by atoms with van der Waals surface area (Å²) in [5.74, 6) is 0. The van der Waals surface area contributed by atoms with Gasteiger partial charge in [0.25, 0.3) is 5.56 Å². The smallest absolute Gasteiger partial charge is 0.255 e. The Morgan fingerprint density at radius 2 is 1.85 bits per heavy atom. The number of nitrogens with one attached hydrogen (secondary N) is 2. The zero-order chi connectivity index (χ0) is 13.9. The number of hydrogen-bond acceptors (Lipinski definition) is 3. The standard InChI is InChI=1S/C15H17N3OS/c19-14-12-6-8-18(10-11-4-2-1-3-5-11)9-7-13(12)16-15(20)17-14/h1-5H,6-10H2,(H2,16,17,19,20). The van der Waals surface area contributed by atoms with Gasteiger partial charge in [0, 0.05) is 37.3 Å². The molecule has 0 saturated carbocycles. The fraction of sp³-hybridized carbons (Fsp3) is 0.333. The van der Waals surface area contributed by atoms with E-state index in [0.29, 0.717) is 4.77 Å². The Balaban J connectivity index is 1.78. The minimum Gasteiger partial charge on any atom is -0.336 e. The first kappa shape index (κ1) is 13.3. The zero-order valence-corrected chi connectivity index (χ0v) is 12.0. The van der Waals surface area contributed by atoms with E-state index < -0.39 is 0 Å². The van der Waals surface area contributed by atoms with Crippen LogP contribution in [-0.2, 0) is 19.4 Å². The van der Waals surface area contributed by atoms with Crippen LogP contribution in [0.25, 0.3) is 0 Å². The average molecular weight is 287 g/mol. The van der Waals surface area contributed by atoms with Crippen molar-refractivity contribution in [2.24, 2.45) is 0 Å². The van der Waals surface area contributed by atoms with Gasteiger partial charge < -0.3 is 4.98 Å². The van der Waals surface area contributed by atoms with Gasteiger partial charge in [-0.3, -0.25) is 14.7 Å². The Bertz CT molecular complexity index is 705. The SMILES string of the molecule is O=c1[nH]c(=S)[nH]c2c1CCN(Cc1ccccc1)CC2. The van der Waals surface area contributed by atoms with Gasteiger partial charge in [0.1, 0.15) is 0 Å². The summed E-state index contributed by atoms with van der Waals surface area (Å²) in [6.45, 7) is 2.76. The molecule has 1 aliphatic rings. The molecule has 20 heavy (non-hydrogen) atoms. The number of hydrogen-bond donors (Lipinski definition) is 2. The maximum atomic E-state index is 11.9. The van der Waals surface area contributed by atoms with Crippen molar-refractivity contribution in [1.29, 1.82) is 0 Å². The van der Waals surface area contributed by atoms with Crippen LogP contribution in [0.2, 0.25) is 0 Å². The number of rotatable bonds is 2. The average Bonchev–Trinajstić information content (AvgIpc) is 2.63. The van der Waals surface area contributed by atoms with E-state index in [2.05, 4.69) is 39.1 Å². The molecule has 0 atom stereocenters. The topological polar surface area (TPSA) is 51.9 Å². The van der Waals surface area contributed by atoms with E-state index in [4.69, 9.17) is 12.2 Å². The van der Waals surface area contributed by atoms with E-state index in [0.717, 1.165) is 43.7 Å². The van der Waals surface area contributed by atoms with Crippen LogP contribution in [0.4, 0.5) is 0 Å². The molecule has 0 amide bonds. The van der Waals surface area contributed by atoms with Gasteiger partial charge in [0.15, 0.2) is 4.77 Å². The molecule has 4 nitrogen and oxygen atoms in total. The molecule has 2 heterocycles. The summed E-state index contributed by atoms with van der Waals surface area (Å²) < 4.78 is 0.422. The van der Waals surface area contributed by atoms with E-state index in [1.54, 1.807) is 0 Å². The predicted octanol–water partition coefficient (Wildman–Crippen LogP) is 2.03. The van der Waals surface area contributed by atoms with E-state index in [1.807, 2.05) is 6.07 Å². The fourth-order valence-electron chi connectivity index (χ4n) is 2.69. The van der Waals surface area contributed by atoms with Crippen LogP contribution in [0, 0.1) is 4.77 Å². The maximum Gasteiger partial charge on any atom is 0.255 e. The molecule has 2 aromatic rings. The lowest BCUT2D eigenvalue weighted by Crippen LogP contribution is -2.26. The molecule has 5 heteroatoms. The van der Waals surface area contributed by atoms with Crippen LogP contribution in [0.15, 0.2) is 35.1 Å². The highest BCUT2D eigenvalue weighted by molar-refractivity contribution is 7.71. The molecule has 0 spiro atoms. The first-order valence-electron chi connectivity index (χ1n) is 6.83. The molecule has 0 aliphatic carbocycles. The van der Waals surface area contributed by atoms with Gasteiger partial charge in [-0.2, -0.15) is 0 Å². The fourth-order valence-corrected chi connectivity index (χ4v) is 2.90. The highest BCUT2D eigenvalue weighted by Gasteiger charge is 2.16. The van der Waals surface area contributed by atoms with Gasteiger partial charge in [0.05, 0.1) is 0 Å². The minimum atomic E-state index is -0.0367. The molecule has 1 aromatic heterocycles. The molecule has 0 unspecified atom stereocenters. The highest BCUT2D eigenvalue weighted by atomic mass is 32.1. The summed E-state index contributed by atoms with van der Waals surface area (Å²) in [4.78, 5) is 20.1. The summed E-state index contributed by atoms with van der Waals surface area (Å²) in [5.41, 5.74) is 3.12. The van der Waals surface area contributed by atoms with E-state index >= 15 is 0 Å². The quantitative estimate of drug-likeness (QED) is 0.831. The Kier molecular flexibility index (Phi) is 3.80. The van der Waals surface area contributed by atoms with Gasteiger partial charge in [-0.05, 0) is 24.2 Å². The van der Waals surface area contributed by atoms with Crippen LogP contribution in [0.1, 0.15) is 16.8 Å². The number of aromatic amines is 2. The molecule has 0 fully saturated rings. The second kappa shape index (κ2) is 5.73. The van der Waals surface area contributed by atoms with E-state index in [-0.39, 0.29) is 5.56 Å². The van der Waals surface area contributed by atoms with Crippen LogP contribution < -0.4 is 5.56 Å². The third-order valence-electron chi connectivity index (χ3n) is 3.73. The molecule has 3 rings (SSSR count). The molecular formula is C15H17N3OS. The van der Waals surface area contributed by atoms with E-state index in [9.17, 15) is 4.79 Å². The van der Waals surface area contributed by atoms with Crippen molar-refractivity contribution in [1.82, 2.24) is 14.9 Å². The second-order valence-electron chi connectivity index (χ2n) is 5.13. The molecule has 1 aliphatic heterocycles. The molecule has 0 bridgehead atoms. The second-order valence-corrected chi connectivity index (χ2v) is 5.54. The molecule has 2 N–H and O–H groups in total. The van der Waals surface area contributed by atoms with Gasteiger partial charge in [0.2, 0.25) is 0 Å². The predicted molar refractivity (Wildman–Crippen MR) is 81.4 cm³/mol. The van der Waals surface area contributed by atoms with Crippen LogP contribution in [0.5, 0.6) is 0 Å². The van der Waals surface area contributed by atoms with Gasteiger partial charge >= 0.3 is 0 Å². The van der Waals surface area contributed by atoms with Crippen molar-refractivity contribution >= 4 is 12.2 Å². The Labute approximate surface area is 122 Å². The number of fused-ring (bicyclic) bond motifs is 1. The Morgan fingerprint density at radius 3 is 2.65 bits per heavy atom. The molecule has 0 saturated heterocycles. The first-order chi connectivity index (χ1) is 9.72. The van der Waals surface area contributed by atoms with Crippen molar-refractivity contribution in [3.8, 4) is 0 Å². The maximum absolute atomic E-state index is 11.9. The summed E-state index contributed by atoms with van der Waals surface area (Å²) in [6.07, 6.45) is 1.61. The lowest BCUT2D eigenvalue weighted by Gasteiger charge is -2.19. The highest BCUT2D eigenvalue weighted by Crippen LogP contribution is 2.12. The van der Waals surface area contributed by atoms with Crippen molar-refractivity contribution in [3.05, 3.63) is 62.3 Å². The van der Waals surface area contributed by atoms with Gasteiger partial charge in [-0.25, -0.2) is 0 Å². The van der Waals surface area contributed by atoms with Gasteiger partial charge in [-0.1, -0.05) is 30.3 Å². The number of aromatic nitrogens is 2. The Morgan fingerprint density at radius 1 is 1.10 bits per heavy atom. The summed E-state index contributed by atoms with van der Waals surface area (Å²) in [5, 5.41) is 0. The number of benzene rings is 1. The van der Waals surface area contributed by atoms with Crippen molar-refractivity contribution in [3.63, 3.8) is 0 Å². The van der Waals surface area contributed by atoms with Gasteiger partial charge in [-0.15, -0.1) is 0 Å². The number of H-pyrrole nitrogens is 2. The summed E-state index contributed by atoms with van der Waals surface area (Å²) >= 11 is 5.04. The molecule has 1 aromatic carbocycles. The third-order valence-corrected chi connectivity index (χ3v) is 3.94. The summed E-state index contributed by atoms with van der Waals surface area (Å²) in [7, 11) is 0. The van der Waals surface area contributed by atoms with Crippen LogP contribution >= 0.6 is 12.2 Å².